The molecule has 0 saturated carbocycles. The number of carbonyl (C=O) groups is 1. The highest BCUT2D eigenvalue weighted by Crippen LogP contribution is 2.44. The van der Waals surface area contributed by atoms with Crippen molar-refractivity contribution < 1.29 is 19.4 Å². The number of nitrogens with one attached hydrogen (secondary N) is 1. The van der Waals surface area contributed by atoms with E-state index < -0.39 is 6.09 Å². The molecule has 1 aliphatic rings. The van der Waals surface area contributed by atoms with Crippen molar-refractivity contribution in [2.75, 3.05) is 33.0 Å². The van der Waals surface area contributed by atoms with Gasteiger partial charge in [-0.3, -0.25) is 0 Å². The van der Waals surface area contributed by atoms with Crippen molar-refractivity contribution in [3.05, 3.63) is 59.7 Å². The van der Waals surface area contributed by atoms with Gasteiger partial charge in [0.15, 0.2) is 0 Å². The van der Waals surface area contributed by atoms with Gasteiger partial charge in [-0.25, -0.2) is 4.79 Å². The Morgan fingerprint density at radius 1 is 1.00 bits per heavy atom. The number of carbonyl (C=O) groups excluding carboxylic acids is 1. The number of alkyl carbamates (subject to hydrolysis) is 1. The molecule has 2 aromatic rings. The Kier molecular flexibility index (Phi) is 6.04. The third-order valence-corrected chi connectivity index (χ3v) is 4.31. The molecule has 0 saturated heterocycles. The Labute approximate surface area is 147 Å². The molecule has 0 aliphatic heterocycles. The van der Waals surface area contributed by atoms with Gasteiger partial charge in [0.2, 0.25) is 0 Å². The summed E-state index contributed by atoms with van der Waals surface area (Å²) in [5.41, 5.74) is 4.82. The zero-order valence-corrected chi connectivity index (χ0v) is 14.1. The summed E-state index contributed by atoms with van der Waals surface area (Å²) in [6, 6.07) is 16.5. The van der Waals surface area contributed by atoms with Crippen LogP contribution in [0.3, 0.4) is 0 Å². The molecule has 132 valence electrons. The average Bonchev–Trinajstić information content (AvgIpc) is 2.97. The Morgan fingerprint density at radius 2 is 1.64 bits per heavy atom. The van der Waals surface area contributed by atoms with Gasteiger partial charge in [-0.15, -0.1) is 0 Å². The molecule has 0 radical (unpaired) electrons. The highest BCUT2D eigenvalue weighted by molar-refractivity contribution is 5.79. The Hall–Kier alpha value is -2.37. The first-order valence-corrected chi connectivity index (χ1v) is 8.58. The van der Waals surface area contributed by atoms with Crippen molar-refractivity contribution in [3.8, 4) is 11.1 Å². The van der Waals surface area contributed by atoms with Crippen molar-refractivity contribution in [1.82, 2.24) is 5.32 Å². The van der Waals surface area contributed by atoms with Crippen LogP contribution >= 0.6 is 0 Å². The molecule has 2 N–H and O–H groups in total. The van der Waals surface area contributed by atoms with E-state index in [4.69, 9.17) is 14.6 Å². The molecule has 2 aromatic carbocycles. The molecule has 5 heteroatoms. The molecule has 0 bridgehead atoms. The highest BCUT2D eigenvalue weighted by Gasteiger charge is 2.28. The fraction of sp³-hybridized carbons (Fsp3) is 0.350. The number of hydrogen-bond donors (Lipinski definition) is 2. The zero-order valence-electron chi connectivity index (χ0n) is 14.1. The van der Waals surface area contributed by atoms with Gasteiger partial charge in [0.25, 0.3) is 0 Å². The molecule has 0 fully saturated rings. The molecule has 0 heterocycles. The summed E-state index contributed by atoms with van der Waals surface area (Å²) in [5.74, 6) is 0.0685. The van der Waals surface area contributed by atoms with Crippen molar-refractivity contribution in [2.45, 2.75) is 12.3 Å². The quantitative estimate of drug-likeness (QED) is 0.725. The monoisotopic (exact) mass is 341 g/mol. The molecule has 1 aliphatic carbocycles. The molecule has 0 spiro atoms. The molecule has 3 rings (SSSR count). The second-order valence-corrected chi connectivity index (χ2v) is 5.94. The summed E-state index contributed by atoms with van der Waals surface area (Å²) in [6.07, 6.45) is 0.165. The number of aliphatic hydroxyl groups is 1. The highest BCUT2D eigenvalue weighted by atomic mass is 16.5. The molecule has 0 aromatic heterocycles. The summed E-state index contributed by atoms with van der Waals surface area (Å²) < 4.78 is 10.7. The fourth-order valence-electron chi connectivity index (χ4n) is 3.14. The maximum atomic E-state index is 11.9. The van der Waals surface area contributed by atoms with Gasteiger partial charge in [-0.1, -0.05) is 48.5 Å². The van der Waals surface area contributed by atoms with Crippen molar-refractivity contribution in [1.29, 1.82) is 0 Å². The maximum Gasteiger partial charge on any atom is 0.407 e. The van der Waals surface area contributed by atoms with Crippen molar-refractivity contribution in [3.63, 3.8) is 0 Å². The summed E-state index contributed by atoms with van der Waals surface area (Å²) in [6.45, 7) is 1.71. The second-order valence-electron chi connectivity index (χ2n) is 5.94. The van der Waals surface area contributed by atoms with Crippen LogP contribution in [0.25, 0.3) is 11.1 Å². The van der Waals surface area contributed by atoms with Crippen LogP contribution < -0.4 is 5.32 Å². The van der Waals surface area contributed by atoms with Crippen LogP contribution in [0.4, 0.5) is 4.79 Å². The largest absolute Gasteiger partial charge is 0.449 e. The number of ether oxygens (including phenoxy) is 2. The van der Waals surface area contributed by atoms with E-state index in [2.05, 4.69) is 29.6 Å². The normalized spacial score (nSPS) is 12.5. The van der Waals surface area contributed by atoms with Crippen molar-refractivity contribution in [2.24, 2.45) is 0 Å². The minimum Gasteiger partial charge on any atom is -0.449 e. The van der Waals surface area contributed by atoms with Gasteiger partial charge in [-0.2, -0.15) is 0 Å². The molecule has 25 heavy (non-hydrogen) atoms. The third-order valence-electron chi connectivity index (χ3n) is 4.31. The SMILES string of the molecule is O=C(NCCOCCCO)OCC1c2ccccc2-c2ccccc21. The van der Waals surface area contributed by atoms with E-state index in [1.54, 1.807) is 0 Å². The van der Waals surface area contributed by atoms with E-state index in [0.717, 1.165) is 0 Å². The minimum atomic E-state index is -0.437. The van der Waals surface area contributed by atoms with Crippen LogP contribution in [-0.2, 0) is 9.47 Å². The van der Waals surface area contributed by atoms with E-state index in [0.29, 0.717) is 32.8 Å². The van der Waals surface area contributed by atoms with Gasteiger partial charge < -0.3 is 19.9 Å². The lowest BCUT2D eigenvalue weighted by molar-refractivity contribution is 0.109. The maximum absolute atomic E-state index is 11.9. The summed E-state index contributed by atoms with van der Waals surface area (Å²) in [7, 11) is 0. The lowest BCUT2D eigenvalue weighted by atomic mass is 9.98. The molecule has 1 amide bonds. The number of rotatable bonds is 8. The standard InChI is InChI=1S/C20H23NO4/c22-11-5-12-24-13-10-21-20(23)25-14-19-17-8-3-1-6-15(17)16-7-2-4-9-18(16)19/h1-4,6-9,19,22H,5,10-14H2,(H,21,23). The topological polar surface area (TPSA) is 67.8 Å². The van der Waals surface area contributed by atoms with Crippen LogP contribution in [0.1, 0.15) is 23.5 Å². The van der Waals surface area contributed by atoms with Crippen LogP contribution in [0.15, 0.2) is 48.5 Å². The average molecular weight is 341 g/mol. The molecule has 5 nitrogen and oxygen atoms in total. The van der Waals surface area contributed by atoms with E-state index in [1.165, 1.54) is 22.3 Å². The molecule has 0 unspecified atom stereocenters. The predicted octanol–water partition coefficient (Wildman–Crippen LogP) is 2.92. The third kappa shape index (κ3) is 4.18. The summed E-state index contributed by atoms with van der Waals surface area (Å²) >= 11 is 0. The lowest BCUT2D eigenvalue weighted by Crippen LogP contribution is -2.29. The van der Waals surface area contributed by atoms with Gasteiger partial charge >= 0.3 is 6.09 Å². The lowest BCUT2D eigenvalue weighted by Gasteiger charge is -2.14. The number of amides is 1. The first kappa shape index (κ1) is 17.5. The number of aliphatic hydroxyl groups excluding tert-OH is 1. The van der Waals surface area contributed by atoms with E-state index >= 15 is 0 Å². The minimum absolute atomic E-state index is 0.0685. The van der Waals surface area contributed by atoms with Crippen LogP contribution in [0, 0.1) is 0 Å². The number of fused-ring (bicyclic) bond motifs is 3. The van der Waals surface area contributed by atoms with Gasteiger partial charge in [0, 0.05) is 25.7 Å². The zero-order chi connectivity index (χ0) is 17.5. The number of benzene rings is 2. The second kappa shape index (κ2) is 8.65. The van der Waals surface area contributed by atoms with Crippen LogP contribution in [0.2, 0.25) is 0 Å². The van der Waals surface area contributed by atoms with Crippen LogP contribution in [0.5, 0.6) is 0 Å². The van der Waals surface area contributed by atoms with Gasteiger partial charge in [0.05, 0.1) is 6.61 Å². The van der Waals surface area contributed by atoms with E-state index in [1.807, 2.05) is 24.3 Å². The van der Waals surface area contributed by atoms with Crippen LogP contribution in [-0.4, -0.2) is 44.2 Å². The summed E-state index contributed by atoms with van der Waals surface area (Å²) in [5, 5.41) is 11.3. The Morgan fingerprint density at radius 3 is 2.28 bits per heavy atom. The molecular formula is C20H23NO4. The van der Waals surface area contributed by atoms with E-state index in [9.17, 15) is 4.79 Å². The predicted molar refractivity (Wildman–Crippen MR) is 95.6 cm³/mol. The van der Waals surface area contributed by atoms with Gasteiger partial charge in [0.1, 0.15) is 6.61 Å². The number of hydrogen-bond acceptors (Lipinski definition) is 4. The summed E-state index contributed by atoms with van der Waals surface area (Å²) in [4.78, 5) is 11.9. The molecule has 0 atom stereocenters. The van der Waals surface area contributed by atoms with E-state index in [-0.39, 0.29) is 12.5 Å². The first-order chi connectivity index (χ1) is 12.3. The fourth-order valence-corrected chi connectivity index (χ4v) is 3.14. The Balaban J connectivity index is 1.52. The Bertz CT molecular complexity index is 671. The van der Waals surface area contributed by atoms with Crippen molar-refractivity contribution >= 4 is 6.09 Å². The van der Waals surface area contributed by atoms with Gasteiger partial charge in [-0.05, 0) is 28.7 Å². The first-order valence-electron chi connectivity index (χ1n) is 8.58. The smallest absolute Gasteiger partial charge is 0.407 e. The molecular weight excluding hydrogens is 318 g/mol.